The molecule has 3 heteroatoms. The molecule has 0 spiro atoms. The van der Waals surface area contributed by atoms with Crippen LogP contribution in [-0.2, 0) is 4.57 Å². The quantitative estimate of drug-likeness (QED) is 0.579. The van der Waals surface area contributed by atoms with E-state index in [2.05, 4.69) is 15.5 Å². The van der Waals surface area contributed by atoms with Gasteiger partial charge in [0.15, 0.2) is 5.84 Å². The van der Waals surface area contributed by atoms with Crippen LogP contribution in [0, 0.1) is 0 Å². The average Bonchev–Trinajstić information content (AvgIpc) is 1.58. The lowest BCUT2D eigenvalue weighted by Crippen LogP contribution is -2.24. The highest BCUT2D eigenvalue weighted by Gasteiger charge is 2.43. The van der Waals surface area contributed by atoms with Gasteiger partial charge in [0.1, 0.15) is 0 Å². The number of halogens is 1. The van der Waals surface area contributed by atoms with E-state index in [9.17, 15) is 4.57 Å². The summed E-state index contributed by atoms with van der Waals surface area (Å²) in [5.74, 6) is -2.25. The molecule has 0 saturated carbocycles. The lowest BCUT2D eigenvalue weighted by Gasteiger charge is -2.36. The zero-order valence-electron chi connectivity index (χ0n) is 8.23. The lowest BCUT2D eigenvalue weighted by atomic mass is 10.2. The zero-order valence-corrected chi connectivity index (χ0v) is 10.7. The van der Waals surface area contributed by atoms with Gasteiger partial charge in [0.25, 0.3) is 0 Å². The van der Waals surface area contributed by atoms with Crippen LogP contribution in [0.1, 0.15) is 41.5 Å². The third-order valence-electron chi connectivity index (χ3n) is 1.73. The standard InChI is InChI=1S/C8H18BrOP/c1-7(2,3)11(9,10)8(4,5)6/h1-6H3. The van der Waals surface area contributed by atoms with Crippen molar-refractivity contribution in [3.8, 4) is 0 Å². The maximum atomic E-state index is 12.2. The summed E-state index contributed by atoms with van der Waals surface area (Å²) < 4.78 is 12.2. The van der Waals surface area contributed by atoms with Crippen LogP contribution < -0.4 is 0 Å². The summed E-state index contributed by atoms with van der Waals surface area (Å²) in [4.78, 5) is 0. The van der Waals surface area contributed by atoms with Gasteiger partial charge in [-0.3, -0.25) is 0 Å². The van der Waals surface area contributed by atoms with Crippen molar-refractivity contribution in [3.05, 3.63) is 0 Å². The minimum atomic E-state index is -2.25. The van der Waals surface area contributed by atoms with E-state index < -0.39 is 5.84 Å². The maximum Gasteiger partial charge on any atom is 0.158 e. The molecule has 0 saturated heterocycles. The van der Waals surface area contributed by atoms with Gasteiger partial charge in [-0.1, -0.05) is 41.5 Å². The van der Waals surface area contributed by atoms with Gasteiger partial charge >= 0.3 is 0 Å². The van der Waals surface area contributed by atoms with Gasteiger partial charge in [-0.15, -0.1) is 0 Å². The monoisotopic (exact) mass is 240 g/mol. The Bertz CT molecular complexity index is 167. The summed E-state index contributed by atoms with van der Waals surface area (Å²) in [6.07, 6.45) is 0. The fourth-order valence-electron chi connectivity index (χ4n) is 1.01. The minimum absolute atomic E-state index is 0.148. The second-order valence-corrected chi connectivity index (χ2v) is 11.6. The summed E-state index contributed by atoms with van der Waals surface area (Å²) in [5, 5.41) is -0.295. The van der Waals surface area contributed by atoms with Crippen molar-refractivity contribution >= 4 is 21.3 Å². The van der Waals surface area contributed by atoms with Crippen molar-refractivity contribution in [1.82, 2.24) is 0 Å². The smallest absolute Gasteiger partial charge is 0.158 e. The molecule has 0 rings (SSSR count). The molecule has 0 fully saturated rings. The van der Waals surface area contributed by atoms with E-state index in [1.54, 1.807) is 0 Å². The van der Waals surface area contributed by atoms with Crippen molar-refractivity contribution in [1.29, 1.82) is 0 Å². The second-order valence-electron chi connectivity index (χ2n) is 4.87. The van der Waals surface area contributed by atoms with Crippen LogP contribution in [0.4, 0.5) is 0 Å². The molecule has 0 atom stereocenters. The largest absolute Gasteiger partial charge is 0.311 e. The molecule has 0 aliphatic carbocycles. The predicted molar refractivity (Wildman–Crippen MR) is 56.0 cm³/mol. The van der Waals surface area contributed by atoms with Crippen molar-refractivity contribution in [2.24, 2.45) is 0 Å². The SMILES string of the molecule is CC(C)(C)P(=O)(Br)C(C)(C)C. The van der Waals surface area contributed by atoms with Gasteiger partial charge < -0.3 is 4.57 Å². The van der Waals surface area contributed by atoms with Gasteiger partial charge in [0, 0.05) is 10.3 Å². The fourth-order valence-corrected chi connectivity index (χ4v) is 3.02. The average molecular weight is 241 g/mol. The molecule has 0 radical (unpaired) electrons. The third-order valence-corrected chi connectivity index (χ3v) is 11.6. The predicted octanol–water partition coefficient (Wildman–Crippen LogP) is 4.26. The Balaban J connectivity index is 4.92. The van der Waals surface area contributed by atoms with Crippen molar-refractivity contribution < 1.29 is 4.57 Å². The first-order chi connectivity index (χ1) is 4.50. The molecule has 0 aromatic rings. The van der Waals surface area contributed by atoms with Crippen molar-refractivity contribution in [3.63, 3.8) is 0 Å². The molecule has 0 heterocycles. The van der Waals surface area contributed by atoms with E-state index in [1.807, 2.05) is 41.5 Å². The van der Waals surface area contributed by atoms with Gasteiger partial charge in [0.05, 0.1) is 0 Å². The molecule has 0 aromatic heterocycles. The van der Waals surface area contributed by atoms with Crippen LogP contribution in [0.2, 0.25) is 0 Å². The summed E-state index contributed by atoms with van der Waals surface area (Å²) in [7, 11) is 0. The molecule has 0 unspecified atom stereocenters. The Kier molecular flexibility index (Phi) is 3.07. The number of rotatable bonds is 0. The molecule has 0 amide bonds. The Morgan fingerprint density at radius 1 is 0.909 bits per heavy atom. The molecule has 68 valence electrons. The number of hydrogen-bond donors (Lipinski definition) is 0. The molecule has 0 aliphatic heterocycles. The summed E-state index contributed by atoms with van der Waals surface area (Å²) in [6.45, 7) is 12.0. The first-order valence-electron chi connectivity index (χ1n) is 3.80. The highest BCUT2D eigenvalue weighted by atomic mass is 79.9. The molecule has 0 aliphatic rings. The van der Waals surface area contributed by atoms with E-state index in [-0.39, 0.29) is 10.3 Å². The Hall–Kier alpha value is 0.710. The van der Waals surface area contributed by atoms with Crippen LogP contribution in [0.15, 0.2) is 0 Å². The van der Waals surface area contributed by atoms with Crippen LogP contribution in [0.5, 0.6) is 0 Å². The summed E-state index contributed by atoms with van der Waals surface area (Å²) >= 11 is 3.38. The molecule has 0 N–H and O–H groups in total. The fraction of sp³-hybridized carbons (Fsp3) is 1.00. The van der Waals surface area contributed by atoms with Gasteiger partial charge in [-0.2, -0.15) is 0 Å². The molecule has 1 nitrogen and oxygen atoms in total. The van der Waals surface area contributed by atoms with Gasteiger partial charge in [-0.05, 0) is 15.5 Å². The Labute approximate surface area is 78.1 Å². The van der Waals surface area contributed by atoms with Gasteiger partial charge in [-0.25, -0.2) is 0 Å². The number of hydrogen-bond acceptors (Lipinski definition) is 1. The second kappa shape index (κ2) is 2.88. The van der Waals surface area contributed by atoms with Crippen molar-refractivity contribution in [2.45, 2.75) is 51.9 Å². The highest BCUT2D eigenvalue weighted by molar-refractivity contribution is 9.40. The Morgan fingerprint density at radius 2 is 1.09 bits per heavy atom. The molecular formula is C8H18BrOP. The first kappa shape index (κ1) is 11.7. The normalized spacial score (nSPS) is 15.2. The topological polar surface area (TPSA) is 17.1 Å². The molecule has 0 bridgehead atoms. The van der Waals surface area contributed by atoms with Crippen LogP contribution in [0.25, 0.3) is 0 Å². The van der Waals surface area contributed by atoms with Crippen LogP contribution in [0.3, 0.4) is 0 Å². The summed E-state index contributed by atoms with van der Waals surface area (Å²) in [5.41, 5.74) is 0. The van der Waals surface area contributed by atoms with Crippen LogP contribution in [-0.4, -0.2) is 10.3 Å². The van der Waals surface area contributed by atoms with E-state index >= 15 is 0 Å². The van der Waals surface area contributed by atoms with E-state index in [0.717, 1.165) is 0 Å². The highest BCUT2D eigenvalue weighted by Crippen LogP contribution is 2.72. The van der Waals surface area contributed by atoms with Gasteiger partial charge in [0.2, 0.25) is 0 Å². The van der Waals surface area contributed by atoms with E-state index in [4.69, 9.17) is 0 Å². The maximum absolute atomic E-state index is 12.2. The first-order valence-corrected chi connectivity index (χ1v) is 7.52. The van der Waals surface area contributed by atoms with E-state index in [0.29, 0.717) is 0 Å². The zero-order chi connectivity index (χ0) is 9.50. The molecule has 0 aromatic carbocycles. The lowest BCUT2D eigenvalue weighted by molar-refractivity contribution is 0.535. The van der Waals surface area contributed by atoms with E-state index in [1.165, 1.54) is 0 Å². The summed E-state index contributed by atoms with van der Waals surface area (Å²) in [6, 6.07) is 0. The minimum Gasteiger partial charge on any atom is -0.311 e. The van der Waals surface area contributed by atoms with Crippen LogP contribution >= 0.6 is 21.3 Å². The molecular weight excluding hydrogens is 223 g/mol. The van der Waals surface area contributed by atoms with Crippen molar-refractivity contribution in [2.75, 3.05) is 0 Å². The Morgan fingerprint density at radius 3 is 1.09 bits per heavy atom. The third kappa shape index (κ3) is 2.32. The molecule has 11 heavy (non-hydrogen) atoms.